The maximum absolute atomic E-state index is 13.5. The van der Waals surface area contributed by atoms with Crippen LogP contribution in [-0.2, 0) is 25.7 Å². The minimum Gasteiger partial charge on any atom is -0.480 e. The Morgan fingerprint density at radius 2 is 1.46 bits per heavy atom. The lowest BCUT2D eigenvalue weighted by Gasteiger charge is -2.36. The number of alkyl carbamates (subject to hydrolysis) is 1. The van der Waals surface area contributed by atoms with Gasteiger partial charge in [-0.05, 0) is 48.6 Å². The van der Waals surface area contributed by atoms with Gasteiger partial charge in [0.15, 0.2) is 0 Å². The number of rotatable bonds is 10. The predicted octanol–water partition coefficient (Wildman–Crippen LogP) is 4.82. The summed E-state index contributed by atoms with van der Waals surface area (Å²) in [5.41, 5.74) is 3.75. The molecule has 1 aliphatic carbocycles. The fraction of sp³-hybridized carbons (Fsp3) is 0.323. The molecule has 0 spiro atoms. The van der Waals surface area contributed by atoms with Crippen LogP contribution in [0.1, 0.15) is 43.4 Å². The Balaban J connectivity index is 1.49. The minimum atomic E-state index is -1.50. The molecule has 39 heavy (non-hydrogen) atoms. The molecule has 2 unspecified atom stereocenters. The van der Waals surface area contributed by atoms with Crippen molar-refractivity contribution in [3.8, 4) is 11.1 Å². The maximum Gasteiger partial charge on any atom is 0.407 e. The quantitative estimate of drug-likeness (QED) is 0.389. The normalized spacial score (nSPS) is 14.1. The van der Waals surface area contributed by atoms with Crippen molar-refractivity contribution in [3.05, 3.63) is 95.6 Å². The second kappa shape index (κ2) is 11.7. The summed E-state index contributed by atoms with van der Waals surface area (Å²) in [5.74, 6) is -1.91. The third-order valence-electron chi connectivity index (χ3n) is 7.40. The molecule has 0 bridgehead atoms. The molecule has 0 heterocycles. The van der Waals surface area contributed by atoms with E-state index in [0.717, 1.165) is 32.7 Å². The molecule has 1 aliphatic rings. The van der Waals surface area contributed by atoms with Gasteiger partial charge >= 0.3 is 12.1 Å². The second-order valence-electron chi connectivity index (χ2n) is 10.2. The van der Waals surface area contributed by atoms with Gasteiger partial charge in [-0.2, -0.15) is 0 Å². The number of carboxylic acids is 1. The number of ether oxygens (including phenoxy) is 2. The number of benzene rings is 3. The Hall–Kier alpha value is -4.17. The lowest BCUT2D eigenvalue weighted by molar-refractivity contribution is -0.157. The van der Waals surface area contributed by atoms with Crippen LogP contribution in [0.3, 0.4) is 0 Å². The standard InChI is InChI=1S/C31H34N2O6/c1-20(38-18-21-12-6-5-7-13-21)27(28(34)33(4)31(2,3)29(35)36)32-30(37)39-19-26-24-16-10-8-14-22(24)23-15-9-11-17-25(23)26/h5-17,20,26-27H,18-19H2,1-4H3,(H,32,37)(H,35,36). The number of nitrogens with zero attached hydrogens (tertiary/aromatic N) is 1. The van der Waals surface area contributed by atoms with E-state index in [1.807, 2.05) is 66.7 Å². The molecule has 3 aromatic rings. The zero-order valence-corrected chi connectivity index (χ0v) is 22.6. The lowest BCUT2D eigenvalue weighted by Crippen LogP contribution is -2.60. The number of amides is 2. The second-order valence-corrected chi connectivity index (χ2v) is 10.2. The molecule has 0 saturated heterocycles. The third-order valence-corrected chi connectivity index (χ3v) is 7.40. The molecule has 0 aromatic heterocycles. The van der Waals surface area contributed by atoms with E-state index in [4.69, 9.17) is 9.47 Å². The number of hydrogen-bond donors (Lipinski definition) is 2. The van der Waals surface area contributed by atoms with Gasteiger partial charge in [-0.15, -0.1) is 0 Å². The highest BCUT2D eigenvalue weighted by molar-refractivity contribution is 5.91. The van der Waals surface area contributed by atoms with Crippen molar-refractivity contribution in [3.63, 3.8) is 0 Å². The van der Waals surface area contributed by atoms with Gasteiger partial charge in [0.05, 0.1) is 12.7 Å². The number of carbonyl (C=O) groups is 3. The largest absolute Gasteiger partial charge is 0.480 e. The molecule has 8 nitrogen and oxygen atoms in total. The smallest absolute Gasteiger partial charge is 0.407 e. The van der Waals surface area contributed by atoms with Crippen LogP contribution in [0.4, 0.5) is 4.79 Å². The fourth-order valence-corrected chi connectivity index (χ4v) is 4.67. The van der Waals surface area contributed by atoms with Crippen LogP contribution >= 0.6 is 0 Å². The number of likely N-dealkylation sites (N-methyl/N-ethyl adjacent to an activating group) is 1. The molecule has 0 aliphatic heterocycles. The van der Waals surface area contributed by atoms with Crippen molar-refractivity contribution in [1.29, 1.82) is 0 Å². The van der Waals surface area contributed by atoms with Gasteiger partial charge in [-0.25, -0.2) is 9.59 Å². The van der Waals surface area contributed by atoms with Gasteiger partial charge in [0, 0.05) is 13.0 Å². The number of aliphatic carboxylic acids is 1. The number of fused-ring (bicyclic) bond motifs is 3. The molecule has 8 heteroatoms. The van der Waals surface area contributed by atoms with E-state index in [-0.39, 0.29) is 19.1 Å². The molecule has 0 fully saturated rings. The number of carboxylic acid groups (broad SMARTS) is 1. The van der Waals surface area contributed by atoms with Crippen molar-refractivity contribution in [2.45, 2.75) is 51.0 Å². The number of carbonyl (C=O) groups excluding carboxylic acids is 2. The third kappa shape index (κ3) is 5.96. The first-order valence-corrected chi connectivity index (χ1v) is 12.9. The molecular weight excluding hydrogens is 496 g/mol. The molecule has 2 amide bonds. The molecular formula is C31H34N2O6. The molecule has 2 N–H and O–H groups in total. The highest BCUT2D eigenvalue weighted by Crippen LogP contribution is 2.44. The monoisotopic (exact) mass is 530 g/mol. The van der Waals surface area contributed by atoms with Crippen LogP contribution in [0, 0.1) is 0 Å². The first-order chi connectivity index (χ1) is 18.6. The van der Waals surface area contributed by atoms with Crippen molar-refractivity contribution in [2.75, 3.05) is 13.7 Å². The first kappa shape index (κ1) is 27.9. The Kier molecular flexibility index (Phi) is 8.35. The van der Waals surface area contributed by atoms with E-state index in [0.29, 0.717) is 0 Å². The van der Waals surface area contributed by atoms with Gasteiger partial charge in [-0.3, -0.25) is 4.79 Å². The van der Waals surface area contributed by atoms with Crippen LogP contribution in [0.5, 0.6) is 0 Å². The van der Waals surface area contributed by atoms with Gasteiger partial charge in [0.1, 0.15) is 18.2 Å². The predicted molar refractivity (Wildman–Crippen MR) is 147 cm³/mol. The molecule has 0 radical (unpaired) electrons. The van der Waals surface area contributed by atoms with Gasteiger partial charge < -0.3 is 24.8 Å². The highest BCUT2D eigenvalue weighted by Gasteiger charge is 2.40. The van der Waals surface area contributed by atoms with Crippen molar-refractivity contribution in [2.24, 2.45) is 0 Å². The molecule has 204 valence electrons. The molecule has 4 rings (SSSR count). The maximum atomic E-state index is 13.5. The fourth-order valence-electron chi connectivity index (χ4n) is 4.67. The summed E-state index contributed by atoms with van der Waals surface area (Å²) in [6, 6.07) is 24.3. The van der Waals surface area contributed by atoms with Crippen LogP contribution < -0.4 is 5.32 Å². The van der Waals surface area contributed by atoms with Gasteiger partial charge in [0.2, 0.25) is 5.91 Å². The topological polar surface area (TPSA) is 105 Å². The summed E-state index contributed by atoms with van der Waals surface area (Å²) >= 11 is 0. The van der Waals surface area contributed by atoms with Crippen LogP contribution in [0.25, 0.3) is 11.1 Å². The summed E-state index contributed by atoms with van der Waals surface area (Å²) in [6.45, 7) is 4.80. The summed E-state index contributed by atoms with van der Waals surface area (Å²) in [5, 5.41) is 12.3. The summed E-state index contributed by atoms with van der Waals surface area (Å²) in [7, 11) is 1.40. The molecule has 0 saturated carbocycles. The minimum absolute atomic E-state index is 0.0798. The average Bonchev–Trinajstić information content (AvgIpc) is 3.26. The van der Waals surface area contributed by atoms with Crippen molar-refractivity contribution in [1.82, 2.24) is 10.2 Å². The Bertz CT molecular complexity index is 1290. The summed E-state index contributed by atoms with van der Waals surface area (Å²) in [4.78, 5) is 39.4. The van der Waals surface area contributed by atoms with Gasteiger partial charge in [-0.1, -0.05) is 78.9 Å². The van der Waals surface area contributed by atoms with E-state index >= 15 is 0 Å². The van der Waals surface area contributed by atoms with Crippen LogP contribution in [0.15, 0.2) is 78.9 Å². The van der Waals surface area contributed by atoms with Crippen LogP contribution in [-0.4, -0.2) is 59.3 Å². The van der Waals surface area contributed by atoms with E-state index in [9.17, 15) is 19.5 Å². The summed E-state index contributed by atoms with van der Waals surface area (Å²) < 4.78 is 11.6. The number of hydrogen-bond acceptors (Lipinski definition) is 5. The zero-order valence-electron chi connectivity index (χ0n) is 22.6. The van der Waals surface area contributed by atoms with E-state index in [1.165, 1.54) is 20.9 Å². The summed E-state index contributed by atoms with van der Waals surface area (Å²) in [6.07, 6.45) is -1.56. The molecule has 3 aromatic carbocycles. The Morgan fingerprint density at radius 1 is 0.923 bits per heavy atom. The van der Waals surface area contributed by atoms with E-state index in [1.54, 1.807) is 6.92 Å². The number of nitrogens with one attached hydrogen (secondary N) is 1. The Labute approximate surface area is 228 Å². The van der Waals surface area contributed by atoms with Gasteiger partial charge in [0.25, 0.3) is 0 Å². The lowest BCUT2D eigenvalue weighted by atomic mass is 9.98. The van der Waals surface area contributed by atoms with Crippen molar-refractivity contribution >= 4 is 18.0 Å². The molecule has 2 atom stereocenters. The Morgan fingerprint density at radius 3 is 2.03 bits per heavy atom. The van der Waals surface area contributed by atoms with E-state index in [2.05, 4.69) is 17.4 Å². The van der Waals surface area contributed by atoms with Crippen LogP contribution in [0.2, 0.25) is 0 Å². The highest BCUT2D eigenvalue weighted by atomic mass is 16.5. The first-order valence-electron chi connectivity index (χ1n) is 12.9. The average molecular weight is 531 g/mol. The van der Waals surface area contributed by atoms with E-state index < -0.39 is 35.7 Å². The van der Waals surface area contributed by atoms with Crippen molar-refractivity contribution < 1.29 is 29.0 Å². The SMILES string of the molecule is CC(OCc1ccccc1)C(NC(=O)OCC1c2ccccc2-c2ccccc21)C(=O)N(C)C(C)(C)C(=O)O. The zero-order chi connectivity index (χ0) is 28.2.